The minimum Gasteiger partial charge on any atom is -0.350 e. The molecular weight excluding hydrogens is 342 g/mol. The van der Waals surface area contributed by atoms with Crippen molar-refractivity contribution >= 4 is 0 Å². The normalized spacial score (nSPS) is 17.5. The molecule has 2 nitrogen and oxygen atoms in total. The van der Waals surface area contributed by atoms with Crippen LogP contribution < -0.4 is 0 Å². The Hall–Kier alpha value is -2.46. The Morgan fingerprint density at radius 3 is 2.59 bits per heavy atom. The molecule has 1 aliphatic heterocycles. The molecule has 0 bridgehead atoms. The van der Waals surface area contributed by atoms with Gasteiger partial charge in [0, 0.05) is 37.1 Å². The van der Waals surface area contributed by atoms with Gasteiger partial charge in [0.2, 0.25) is 0 Å². The Morgan fingerprint density at radius 1 is 0.963 bits per heavy atom. The third kappa shape index (κ3) is 3.54. The topological polar surface area (TPSA) is 8.17 Å². The maximum absolute atomic E-state index is 14.7. The highest BCUT2D eigenvalue weighted by molar-refractivity contribution is 5.33. The summed E-state index contributed by atoms with van der Waals surface area (Å²) in [6.45, 7) is 4.59. The van der Waals surface area contributed by atoms with Gasteiger partial charge in [0.15, 0.2) is 0 Å². The first-order valence-electron chi connectivity index (χ1n) is 9.58. The van der Waals surface area contributed by atoms with E-state index in [9.17, 15) is 8.78 Å². The van der Waals surface area contributed by atoms with E-state index < -0.39 is 5.82 Å². The van der Waals surface area contributed by atoms with Gasteiger partial charge in [0.25, 0.3) is 0 Å². The fourth-order valence-electron chi connectivity index (χ4n) is 4.17. The number of halogens is 2. The number of nitrogens with zero attached hydrogens (tertiary/aromatic N) is 2. The van der Waals surface area contributed by atoms with E-state index in [1.807, 2.05) is 24.4 Å². The van der Waals surface area contributed by atoms with Crippen LogP contribution in [0.3, 0.4) is 0 Å². The number of rotatable bonds is 4. The summed E-state index contributed by atoms with van der Waals surface area (Å²) < 4.78 is 30.9. The Balaban J connectivity index is 1.80. The zero-order valence-corrected chi connectivity index (χ0v) is 15.5. The third-order valence-electron chi connectivity index (χ3n) is 5.48. The average molecular weight is 366 g/mol. The summed E-state index contributed by atoms with van der Waals surface area (Å²) in [6.07, 6.45) is 3.96. The lowest BCUT2D eigenvalue weighted by Crippen LogP contribution is -2.30. The fourth-order valence-corrected chi connectivity index (χ4v) is 4.17. The van der Waals surface area contributed by atoms with Crippen LogP contribution in [0.15, 0.2) is 60.8 Å². The molecule has 0 unspecified atom stereocenters. The molecule has 140 valence electrons. The molecule has 0 fully saturated rings. The van der Waals surface area contributed by atoms with Crippen molar-refractivity contribution in [1.29, 1.82) is 0 Å². The highest BCUT2D eigenvalue weighted by atomic mass is 19.1. The molecule has 0 saturated carbocycles. The fraction of sp³-hybridized carbons (Fsp3) is 0.304. The van der Waals surface area contributed by atoms with Gasteiger partial charge in [-0.25, -0.2) is 8.78 Å². The minimum atomic E-state index is -0.400. The van der Waals surface area contributed by atoms with Crippen LogP contribution in [-0.2, 0) is 19.5 Å². The quantitative estimate of drug-likeness (QED) is 0.606. The highest BCUT2D eigenvalue weighted by Crippen LogP contribution is 2.35. The molecule has 1 aliphatic rings. The van der Waals surface area contributed by atoms with Gasteiger partial charge in [-0.15, -0.1) is 0 Å². The lowest BCUT2D eigenvalue weighted by molar-refractivity contribution is 0.215. The van der Waals surface area contributed by atoms with Crippen molar-refractivity contribution in [2.75, 3.05) is 6.54 Å². The second-order valence-corrected chi connectivity index (χ2v) is 7.14. The molecule has 1 atom stereocenters. The summed E-state index contributed by atoms with van der Waals surface area (Å²) in [5.41, 5.74) is 3.98. The zero-order chi connectivity index (χ0) is 18.8. The molecule has 4 heteroatoms. The van der Waals surface area contributed by atoms with Gasteiger partial charge < -0.3 is 4.57 Å². The second kappa shape index (κ2) is 7.65. The predicted octanol–water partition coefficient (Wildman–Crippen LogP) is 5.32. The minimum absolute atomic E-state index is 0.303. The first-order valence-corrected chi connectivity index (χ1v) is 9.58. The van der Waals surface area contributed by atoms with Crippen LogP contribution >= 0.6 is 0 Å². The maximum atomic E-state index is 14.7. The smallest absolute Gasteiger partial charge is 0.128 e. The molecule has 0 aliphatic carbocycles. The van der Waals surface area contributed by atoms with Gasteiger partial charge in [-0.05, 0) is 54.3 Å². The summed E-state index contributed by atoms with van der Waals surface area (Å²) in [6, 6.07) is 15.9. The molecule has 0 amide bonds. The van der Waals surface area contributed by atoms with Crippen molar-refractivity contribution in [2.45, 2.75) is 38.9 Å². The van der Waals surface area contributed by atoms with E-state index in [4.69, 9.17) is 0 Å². The monoisotopic (exact) mass is 366 g/mol. The van der Waals surface area contributed by atoms with Crippen molar-refractivity contribution in [1.82, 2.24) is 9.47 Å². The predicted molar refractivity (Wildman–Crippen MR) is 103 cm³/mol. The highest BCUT2D eigenvalue weighted by Gasteiger charge is 2.30. The first kappa shape index (κ1) is 17.9. The van der Waals surface area contributed by atoms with Crippen molar-refractivity contribution < 1.29 is 8.78 Å². The van der Waals surface area contributed by atoms with E-state index in [0.29, 0.717) is 5.56 Å². The summed E-state index contributed by atoms with van der Waals surface area (Å²) >= 11 is 0. The first-order chi connectivity index (χ1) is 13.2. The number of fused-ring (bicyclic) bond motifs is 1. The Morgan fingerprint density at radius 2 is 1.78 bits per heavy atom. The Kier molecular flexibility index (Phi) is 5.08. The van der Waals surface area contributed by atoms with Crippen molar-refractivity contribution in [3.8, 4) is 0 Å². The van der Waals surface area contributed by atoms with E-state index >= 15 is 0 Å². The van der Waals surface area contributed by atoms with Crippen LogP contribution in [0.4, 0.5) is 8.78 Å². The van der Waals surface area contributed by atoms with Gasteiger partial charge in [0.05, 0.1) is 6.04 Å². The van der Waals surface area contributed by atoms with Crippen LogP contribution in [0.1, 0.15) is 41.8 Å². The second-order valence-electron chi connectivity index (χ2n) is 7.14. The number of aryl methyl sites for hydroxylation is 2. The zero-order valence-electron chi connectivity index (χ0n) is 15.5. The van der Waals surface area contributed by atoms with Crippen LogP contribution in [0, 0.1) is 11.6 Å². The average Bonchev–Trinajstić information content (AvgIpc) is 3.06. The number of hydrogen-bond donors (Lipinski definition) is 0. The van der Waals surface area contributed by atoms with Crippen molar-refractivity contribution in [2.24, 2.45) is 0 Å². The Labute approximate surface area is 159 Å². The van der Waals surface area contributed by atoms with Crippen LogP contribution in [0.25, 0.3) is 0 Å². The summed E-state index contributed by atoms with van der Waals surface area (Å²) in [5.74, 6) is -0.757. The molecule has 2 aromatic carbocycles. The SMILES string of the molecule is CCc1ccccc1CN1CCCn2cccc2[C@@H]1c1cc(F)ccc1F. The molecule has 2 heterocycles. The van der Waals surface area contributed by atoms with Crippen molar-refractivity contribution in [3.63, 3.8) is 0 Å². The molecule has 3 aromatic rings. The number of hydrogen-bond acceptors (Lipinski definition) is 1. The van der Waals surface area contributed by atoms with E-state index in [0.717, 1.165) is 38.2 Å². The van der Waals surface area contributed by atoms with Crippen LogP contribution in [-0.4, -0.2) is 16.0 Å². The van der Waals surface area contributed by atoms with Gasteiger partial charge in [-0.1, -0.05) is 31.2 Å². The van der Waals surface area contributed by atoms with Gasteiger partial charge >= 0.3 is 0 Å². The van der Waals surface area contributed by atoms with Crippen LogP contribution in [0.5, 0.6) is 0 Å². The summed E-state index contributed by atoms with van der Waals surface area (Å²) in [4.78, 5) is 2.28. The van der Waals surface area contributed by atoms with Gasteiger partial charge in [0.1, 0.15) is 11.6 Å². The lowest BCUT2D eigenvalue weighted by Gasteiger charge is -2.31. The van der Waals surface area contributed by atoms with E-state index in [-0.39, 0.29) is 11.9 Å². The summed E-state index contributed by atoms with van der Waals surface area (Å²) in [7, 11) is 0. The molecule has 4 rings (SSSR count). The lowest BCUT2D eigenvalue weighted by atomic mass is 9.98. The number of aromatic nitrogens is 1. The molecule has 1 aromatic heterocycles. The van der Waals surface area contributed by atoms with Gasteiger partial charge in [-0.2, -0.15) is 0 Å². The molecule has 0 N–H and O–H groups in total. The molecule has 0 spiro atoms. The van der Waals surface area contributed by atoms with E-state index in [2.05, 4.69) is 34.6 Å². The van der Waals surface area contributed by atoms with Gasteiger partial charge in [-0.3, -0.25) is 4.90 Å². The Bertz CT molecular complexity index is 932. The molecule has 0 radical (unpaired) electrons. The third-order valence-corrected chi connectivity index (χ3v) is 5.48. The molecular formula is C23H24F2N2. The standard InChI is InChI=1S/C23H24F2N2/c1-2-17-7-3-4-8-18(17)16-27-14-6-13-26-12-5-9-22(26)23(27)20-15-19(24)10-11-21(20)25/h3-5,7-12,15,23H,2,6,13-14,16H2,1H3/t23-/m0/s1. The maximum Gasteiger partial charge on any atom is 0.128 e. The number of benzene rings is 2. The van der Waals surface area contributed by atoms with Crippen LogP contribution in [0.2, 0.25) is 0 Å². The van der Waals surface area contributed by atoms with E-state index in [1.165, 1.54) is 29.3 Å². The van der Waals surface area contributed by atoms with E-state index in [1.54, 1.807) is 0 Å². The molecule has 27 heavy (non-hydrogen) atoms. The summed E-state index contributed by atoms with van der Waals surface area (Å²) in [5, 5.41) is 0. The van der Waals surface area contributed by atoms with Crippen molar-refractivity contribution in [3.05, 3.63) is 94.8 Å². The largest absolute Gasteiger partial charge is 0.350 e. The molecule has 0 saturated heterocycles.